The molecule has 0 aromatic heterocycles. The van der Waals surface area contributed by atoms with Crippen LogP contribution in [0.1, 0.15) is 316 Å². The second-order valence-electron chi connectivity index (χ2n) is 20.5. The van der Waals surface area contributed by atoms with Crippen LogP contribution in [0.4, 0.5) is 0 Å². The normalized spacial score (nSPS) is 13.3. The number of phosphoric acid groups is 1. The molecule has 0 saturated heterocycles. The highest BCUT2D eigenvalue weighted by molar-refractivity contribution is 7.47. The van der Waals surface area contributed by atoms with Crippen molar-refractivity contribution in [2.75, 3.05) is 19.8 Å². The molecule has 4 N–H and O–H groups in total. The zero-order valence-electron chi connectivity index (χ0n) is 45.2. The molecule has 0 heterocycles. The maximum atomic E-state index is 12.7. The highest BCUT2D eigenvalue weighted by atomic mass is 31.2. The van der Waals surface area contributed by atoms with Gasteiger partial charge in [0.15, 0.2) is 6.10 Å². The van der Waals surface area contributed by atoms with Gasteiger partial charge in [-0.2, -0.15) is 0 Å². The molecular formula is C57H112NO10P. The summed E-state index contributed by atoms with van der Waals surface area (Å²) in [5.41, 5.74) is 5.37. The van der Waals surface area contributed by atoms with Crippen molar-refractivity contribution in [2.45, 2.75) is 328 Å². The Bertz CT molecular complexity index is 1170. The van der Waals surface area contributed by atoms with Crippen LogP contribution in [0.25, 0.3) is 0 Å². The van der Waals surface area contributed by atoms with E-state index in [1.807, 2.05) is 0 Å². The molecule has 0 saturated carbocycles. The number of hydrogen-bond acceptors (Lipinski definition) is 9. The Kier molecular flexibility index (Phi) is 51.6. The predicted octanol–water partition coefficient (Wildman–Crippen LogP) is 17.4. The number of phosphoric ester groups is 1. The van der Waals surface area contributed by atoms with E-state index in [2.05, 4.69) is 13.8 Å². The lowest BCUT2D eigenvalue weighted by Crippen LogP contribution is -2.34. The lowest BCUT2D eigenvalue weighted by atomic mass is 10.0. The van der Waals surface area contributed by atoms with Crippen LogP contribution in [-0.4, -0.2) is 59.9 Å². The quantitative estimate of drug-likeness (QED) is 0.0301. The molecule has 0 aliphatic rings. The van der Waals surface area contributed by atoms with Gasteiger partial charge in [-0.05, 0) is 12.8 Å². The molecule has 3 unspecified atom stereocenters. The van der Waals surface area contributed by atoms with E-state index in [4.69, 9.17) is 29.4 Å². The number of ether oxygens (including phenoxy) is 2. The summed E-state index contributed by atoms with van der Waals surface area (Å²) in [5.74, 6) is -2.34. The lowest BCUT2D eigenvalue weighted by Gasteiger charge is -2.20. The van der Waals surface area contributed by atoms with E-state index in [9.17, 15) is 23.8 Å². The van der Waals surface area contributed by atoms with E-state index in [0.717, 1.165) is 38.5 Å². The number of hydrogen-bond donors (Lipinski definition) is 3. The Morgan fingerprint density at radius 2 is 0.638 bits per heavy atom. The van der Waals surface area contributed by atoms with Gasteiger partial charge in [0, 0.05) is 12.8 Å². The molecule has 11 nitrogen and oxygen atoms in total. The molecule has 0 aliphatic heterocycles. The van der Waals surface area contributed by atoms with Crippen molar-refractivity contribution in [1.29, 1.82) is 0 Å². The first-order valence-electron chi connectivity index (χ1n) is 29.6. The van der Waals surface area contributed by atoms with Crippen LogP contribution in [0.5, 0.6) is 0 Å². The van der Waals surface area contributed by atoms with E-state index in [0.29, 0.717) is 12.8 Å². The highest BCUT2D eigenvalue weighted by Crippen LogP contribution is 2.43. The summed E-state index contributed by atoms with van der Waals surface area (Å²) in [7, 11) is -4.72. The van der Waals surface area contributed by atoms with Gasteiger partial charge in [0.1, 0.15) is 12.6 Å². The molecule has 0 bridgehead atoms. The first kappa shape index (κ1) is 67.5. The third kappa shape index (κ3) is 52.6. The molecule has 0 aliphatic carbocycles. The van der Waals surface area contributed by atoms with Gasteiger partial charge in [-0.15, -0.1) is 0 Å². The van der Waals surface area contributed by atoms with Gasteiger partial charge in [-0.25, -0.2) is 4.57 Å². The molecule has 0 amide bonds. The molecule has 12 heteroatoms. The summed E-state index contributed by atoms with van der Waals surface area (Å²) in [6.45, 7) is 2.90. The molecule has 3 atom stereocenters. The number of carboxylic acids is 1. The topological polar surface area (TPSA) is 172 Å². The lowest BCUT2D eigenvalue weighted by molar-refractivity contribution is -0.161. The Hall–Kier alpha value is -1.52. The van der Waals surface area contributed by atoms with E-state index in [-0.39, 0.29) is 19.4 Å². The number of unbranched alkanes of at least 4 members (excludes halogenated alkanes) is 43. The molecule has 0 spiro atoms. The SMILES string of the molecule is CCCCCCCCCCCCCCCCCCCCCCCCCCC(=O)OC(COC(=O)CCCCCCCCCCCCCCCCCCCCCCC)COP(=O)(O)OCC(N)C(=O)O. The van der Waals surface area contributed by atoms with Crippen LogP contribution >= 0.6 is 7.82 Å². The van der Waals surface area contributed by atoms with Crippen LogP contribution in [0, 0.1) is 0 Å². The average molecular weight is 1000 g/mol. The van der Waals surface area contributed by atoms with Crippen molar-refractivity contribution < 1.29 is 47.5 Å². The largest absolute Gasteiger partial charge is 0.480 e. The van der Waals surface area contributed by atoms with Crippen molar-refractivity contribution in [2.24, 2.45) is 5.73 Å². The number of carboxylic acid groups (broad SMARTS) is 1. The maximum absolute atomic E-state index is 12.7. The van der Waals surface area contributed by atoms with Crippen molar-refractivity contribution in [1.82, 2.24) is 0 Å². The average Bonchev–Trinajstić information content (AvgIpc) is 3.33. The van der Waals surface area contributed by atoms with Gasteiger partial charge in [0.2, 0.25) is 0 Å². The van der Waals surface area contributed by atoms with Crippen LogP contribution in [0.3, 0.4) is 0 Å². The highest BCUT2D eigenvalue weighted by Gasteiger charge is 2.28. The first-order valence-corrected chi connectivity index (χ1v) is 31.1. The number of nitrogens with two attached hydrogens (primary N) is 1. The van der Waals surface area contributed by atoms with E-state index >= 15 is 0 Å². The van der Waals surface area contributed by atoms with Gasteiger partial charge in [0.25, 0.3) is 0 Å². The number of rotatable bonds is 57. The van der Waals surface area contributed by atoms with E-state index in [1.165, 1.54) is 238 Å². The Morgan fingerprint density at radius 3 is 0.913 bits per heavy atom. The van der Waals surface area contributed by atoms with E-state index in [1.54, 1.807) is 0 Å². The molecule has 69 heavy (non-hydrogen) atoms. The molecule has 0 aromatic carbocycles. The zero-order valence-corrected chi connectivity index (χ0v) is 46.1. The van der Waals surface area contributed by atoms with Crippen LogP contribution in [0.15, 0.2) is 0 Å². The monoisotopic (exact) mass is 1000 g/mol. The molecule has 0 radical (unpaired) electrons. The minimum absolute atomic E-state index is 0.171. The molecule has 410 valence electrons. The fourth-order valence-electron chi connectivity index (χ4n) is 9.01. The summed E-state index contributed by atoms with van der Waals surface area (Å²) in [4.78, 5) is 46.3. The number of aliphatic carboxylic acids is 1. The van der Waals surface area contributed by atoms with Crippen molar-refractivity contribution >= 4 is 25.7 Å². The van der Waals surface area contributed by atoms with E-state index < -0.39 is 51.1 Å². The maximum Gasteiger partial charge on any atom is 0.472 e. The first-order chi connectivity index (χ1) is 33.6. The van der Waals surface area contributed by atoms with Crippen molar-refractivity contribution in [3.63, 3.8) is 0 Å². The number of carbonyl (C=O) groups excluding carboxylic acids is 2. The Labute approximate surface area is 425 Å². The minimum atomic E-state index is -4.72. The van der Waals surface area contributed by atoms with Gasteiger partial charge in [0.05, 0.1) is 13.2 Å². The molecule has 0 rings (SSSR count). The summed E-state index contributed by atoms with van der Waals surface area (Å²) >= 11 is 0. The summed E-state index contributed by atoms with van der Waals surface area (Å²) in [5, 5.41) is 8.95. The van der Waals surface area contributed by atoms with Gasteiger partial charge < -0.3 is 25.2 Å². The number of esters is 2. The Morgan fingerprint density at radius 1 is 0.391 bits per heavy atom. The second kappa shape index (κ2) is 52.8. The molecule has 0 aromatic rings. The van der Waals surface area contributed by atoms with Crippen molar-refractivity contribution in [3.05, 3.63) is 0 Å². The Balaban J connectivity index is 4.09. The number of carbonyl (C=O) groups is 3. The van der Waals surface area contributed by atoms with Crippen molar-refractivity contribution in [3.8, 4) is 0 Å². The van der Waals surface area contributed by atoms with Crippen LogP contribution in [-0.2, 0) is 37.5 Å². The fourth-order valence-corrected chi connectivity index (χ4v) is 9.79. The summed E-state index contributed by atoms with van der Waals surface area (Å²) in [6.07, 6.45) is 57.5. The third-order valence-corrected chi connectivity index (χ3v) is 14.6. The third-order valence-electron chi connectivity index (χ3n) is 13.6. The van der Waals surface area contributed by atoms with Gasteiger partial charge in [-0.1, -0.05) is 290 Å². The van der Waals surface area contributed by atoms with Gasteiger partial charge in [-0.3, -0.25) is 23.4 Å². The molecule has 0 fully saturated rings. The summed E-state index contributed by atoms with van der Waals surface area (Å²) in [6, 6.07) is -1.52. The van der Waals surface area contributed by atoms with Gasteiger partial charge >= 0.3 is 25.7 Å². The zero-order chi connectivity index (χ0) is 50.6. The summed E-state index contributed by atoms with van der Waals surface area (Å²) < 4.78 is 33.0. The smallest absolute Gasteiger partial charge is 0.472 e. The van der Waals surface area contributed by atoms with Crippen LogP contribution in [0.2, 0.25) is 0 Å². The predicted molar refractivity (Wildman–Crippen MR) is 287 cm³/mol. The minimum Gasteiger partial charge on any atom is -0.480 e. The second-order valence-corrected chi connectivity index (χ2v) is 22.0. The van der Waals surface area contributed by atoms with Crippen LogP contribution < -0.4 is 5.73 Å². The standard InChI is InChI=1S/C57H112NO10P/c1-3-5-7-9-11-13-15-17-19-21-23-25-26-27-29-31-33-35-37-39-41-43-45-47-49-56(60)68-53(51-66-69(63,64)67-52-54(58)57(61)62)50-65-55(59)48-46-44-42-40-38-36-34-32-30-28-24-22-20-18-16-14-12-10-8-6-4-2/h53-54H,3-52,58H2,1-2H3,(H,61,62)(H,63,64). The molecular weight excluding hydrogens is 890 g/mol. The fraction of sp³-hybridized carbons (Fsp3) is 0.947.